The molecular formula is C16H24N6O3. The molecule has 1 aliphatic heterocycles. The lowest BCUT2D eigenvalue weighted by Crippen LogP contribution is -2.41. The maximum Gasteiger partial charge on any atom is 0.322 e. The molecular weight excluding hydrogens is 324 g/mol. The Labute approximate surface area is 146 Å². The zero-order chi connectivity index (χ0) is 17.6. The number of likely N-dealkylation sites (tertiary alicyclic amines) is 1. The van der Waals surface area contributed by atoms with Crippen molar-refractivity contribution in [2.45, 2.75) is 45.2 Å². The predicted molar refractivity (Wildman–Crippen MR) is 90.1 cm³/mol. The fraction of sp³-hybridized carbons (Fsp3) is 0.625. The normalized spacial score (nSPS) is 17.7. The van der Waals surface area contributed by atoms with Crippen LogP contribution in [0.1, 0.15) is 43.9 Å². The SMILES string of the molecule is CCn1cc(NC(=O)N2CCCC[C@@H]2c2nc(CCOC)no2)cn1. The van der Waals surface area contributed by atoms with Crippen LogP contribution in [0.4, 0.5) is 10.5 Å². The molecule has 136 valence electrons. The molecule has 2 amide bonds. The van der Waals surface area contributed by atoms with Crippen molar-refractivity contribution in [3.8, 4) is 0 Å². The number of aryl methyl sites for hydroxylation is 1. The molecule has 0 aliphatic carbocycles. The molecule has 3 heterocycles. The molecule has 0 spiro atoms. The summed E-state index contributed by atoms with van der Waals surface area (Å²) < 4.78 is 12.2. The van der Waals surface area contributed by atoms with Crippen LogP contribution in [0.3, 0.4) is 0 Å². The first kappa shape index (κ1) is 17.4. The van der Waals surface area contributed by atoms with Crippen molar-refractivity contribution in [2.75, 3.05) is 25.6 Å². The van der Waals surface area contributed by atoms with Gasteiger partial charge in [-0.05, 0) is 26.2 Å². The minimum atomic E-state index is -0.196. The second-order valence-corrected chi connectivity index (χ2v) is 6.01. The number of nitrogens with one attached hydrogen (secondary N) is 1. The maximum atomic E-state index is 12.7. The molecule has 1 saturated heterocycles. The van der Waals surface area contributed by atoms with Crippen LogP contribution in [0.2, 0.25) is 0 Å². The summed E-state index contributed by atoms with van der Waals surface area (Å²) in [5, 5.41) is 11.1. The highest BCUT2D eigenvalue weighted by molar-refractivity contribution is 5.89. The summed E-state index contributed by atoms with van der Waals surface area (Å²) in [6.07, 6.45) is 6.85. The summed E-state index contributed by atoms with van der Waals surface area (Å²) in [6.45, 7) is 3.95. The molecule has 1 N–H and O–H groups in total. The first-order chi connectivity index (χ1) is 12.2. The molecule has 0 unspecified atom stereocenters. The molecule has 25 heavy (non-hydrogen) atoms. The number of hydrogen-bond donors (Lipinski definition) is 1. The van der Waals surface area contributed by atoms with Crippen LogP contribution in [-0.2, 0) is 17.7 Å². The van der Waals surface area contributed by atoms with Gasteiger partial charge in [-0.25, -0.2) is 4.79 Å². The van der Waals surface area contributed by atoms with Crippen molar-refractivity contribution in [2.24, 2.45) is 0 Å². The lowest BCUT2D eigenvalue weighted by Gasteiger charge is -2.33. The minimum absolute atomic E-state index is 0.169. The van der Waals surface area contributed by atoms with E-state index in [4.69, 9.17) is 9.26 Å². The molecule has 3 rings (SSSR count). The van der Waals surface area contributed by atoms with Gasteiger partial charge in [0.2, 0.25) is 5.89 Å². The standard InChI is InChI=1S/C16H24N6O3/c1-3-21-11-12(10-17-21)18-16(23)22-8-5-4-6-13(22)15-19-14(20-25-15)7-9-24-2/h10-11,13H,3-9H2,1-2H3,(H,18,23)/t13-/m1/s1. The average Bonchev–Trinajstić information content (AvgIpc) is 3.29. The summed E-state index contributed by atoms with van der Waals surface area (Å²) in [7, 11) is 1.63. The molecule has 0 bridgehead atoms. The summed E-state index contributed by atoms with van der Waals surface area (Å²) >= 11 is 0. The lowest BCUT2D eigenvalue weighted by atomic mass is 10.0. The van der Waals surface area contributed by atoms with Gasteiger partial charge in [-0.1, -0.05) is 5.16 Å². The number of anilines is 1. The highest BCUT2D eigenvalue weighted by Crippen LogP contribution is 2.30. The Balaban J connectivity index is 1.69. The second kappa shape index (κ2) is 8.11. The van der Waals surface area contributed by atoms with Crippen LogP contribution in [0, 0.1) is 0 Å². The van der Waals surface area contributed by atoms with Crippen molar-refractivity contribution in [1.29, 1.82) is 0 Å². The van der Waals surface area contributed by atoms with Gasteiger partial charge in [-0.2, -0.15) is 10.1 Å². The number of nitrogens with zero attached hydrogens (tertiary/aromatic N) is 5. The van der Waals surface area contributed by atoms with Gasteiger partial charge in [0.25, 0.3) is 0 Å². The van der Waals surface area contributed by atoms with Gasteiger partial charge in [0.15, 0.2) is 5.82 Å². The molecule has 1 fully saturated rings. The number of carbonyl (C=O) groups excluding carboxylic acids is 1. The van der Waals surface area contributed by atoms with Gasteiger partial charge < -0.3 is 19.5 Å². The van der Waals surface area contributed by atoms with Crippen LogP contribution < -0.4 is 5.32 Å². The average molecular weight is 348 g/mol. The van der Waals surface area contributed by atoms with Crippen LogP contribution in [0.25, 0.3) is 0 Å². The number of amides is 2. The molecule has 0 aromatic carbocycles. The third-order valence-electron chi connectivity index (χ3n) is 4.27. The van der Waals surface area contributed by atoms with Gasteiger partial charge in [-0.15, -0.1) is 0 Å². The molecule has 2 aromatic rings. The zero-order valence-corrected chi connectivity index (χ0v) is 14.6. The summed E-state index contributed by atoms with van der Waals surface area (Å²) in [6, 6.07) is -0.365. The molecule has 0 saturated carbocycles. The van der Waals surface area contributed by atoms with E-state index < -0.39 is 0 Å². The topological polar surface area (TPSA) is 98.3 Å². The van der Waals surface area contributed by atoms with Gasteiger partial charge >= 0.3 is 6.03 Å². The summed E-state index contributed by atoms with van der Waals surface area (Å²) in [5.41, 5.74) is 0.683. The van der Waals surface area contributed by atoms with Crippen molar-refractivity contribution < 1.29 is 14.1 Å². The van der Waals surface area contributed by atoms with Gasteiger partial charge in [-0.3, -0.25) is 4.68 Å². The van der Waals surface area contributed by atoms with Gasteiger partial charge in [0.1, 0.15) is 6.04 Å². The van der Waals surface area contributed by atoms with Crippen molar-refractivity contribution in [3.05, 3.63) is 24.1 Å². The number of urea groups is 1. The Morgan fingerprint density at radius 2 is 2.36 bits per heavy atom. The van der Waals surface area contributed by atoms with Gasteiger partial charge in [0, 0.05) is 32.8 Å². The Kier molecular flexibility index (Phi) is 5.64. The largest absolute Gasteiger partial charge is 0.384 e. The number of ether oxygens (including phenoxy) is 1. The van der Waals surface area contributed by atoms with Crippen molar-refractivity contribution in [1.82, 2.24) is 24.8 Å². The fourth-order valence-corrected chi connectivity index (χ4v) is 2.93. The van der Waals surface area contributed by atoms with E-state index in [1.807, 2.05) is 13.1 Å². The number of carbonyl (C=O) groups is 1. The monoisotopic (exact) mass is 348 g/mol. The van der Waals surface area contributed by atoms with Crippen molar-refractivity contribution in [3.63, 3.8) is 0 Å². The van der Waals surface area contributed by atoms with Crippen LogP contribution in [0.15, 0.2) is 16.9 Å². The first-order valence-electron chi connectivity index (χ1n) is 8.62. The molecule has 0 radical (unpaired) electrons. The van der Waals surface area contributed by atoms with Crippen LogP contribution >= 0.6 is 0 Å². The fourth-order valence-electron chi connectivity index (χ4n) is 2.93. The van der Waals surface area contributed by atoms with E-state index in [1.54, 1.807) is 22.9 Å². The molecule has 1 atom stereocenters. The highest BCUT2D eigenvalue weighted by Gasteiger charge is 2.32. The summed E-state index contributed by atoms with van der Waals surface area (Å²) in [5.74, 6) is 1.09. The van der Waals surface area contributed by atoms with E-state index in [2.05, 4.69) is 20.6 Å². The zero-order valence-electron chi connectivity index (χ0n) is 14.6. The van der Waals surface area contributed by atoms with E-state index in [0.29, 0.717) is 37.0 Å². The quantitative estimate of drug-likeness (QED) is 0.859. The predicted octanol–water partition coefficient (Wildman–Crippen LogP) is 2.23. The molecule has 1 aliphatic rings. The smallest absolute Gasteiger partial charge is 0.322 e. The first-order valence-corrected chi connectivity index (χ1v) is 8.62. The highest BCUT2D eigenvalue weighted by atomic mass is 16.5. The lowest BCUT2D eigenvalue weighted by molar-refractivity contribution is 0.142. The van der Waals surface area contributed by atoms with Gasteiger partial charge in [0.05, 0.1) is 18.5 Å². The number of rotatable bonds is 6. The molecule has 9 nitrogen and oxygen atoms in total. The maximum absolute atomic E-state index is 12.7. The van der Waals surface area contributed by atoms with Crippen LogP contribution in [0.5, 0.6) is 0 Å². The van der Waals surface area contributed by atoms with Crippen LogP contribution in [-0.4, -0.2) is 51.1 Å². The second-order valence-electron chi connectivity index (χ2n) is 6.01. The third kappa shape index (κ3) is 4.16. The Morgan fingerprint density at radius 1 is 1.48 bits per heavy atom. The number of aromatic nitrogens is 4. The number of piperidine rings is 1. The van der Waals surface area contributed by atoms with E-state index in [1.165, 1.54) is 0 Å². The third-order valence-corrected chi connectivity index (χ3v) is 4.27. The van der Waals surface area contributed by atoms with E-state index in [-0.39, 0.29) is 12.1 Å². The molecule has 2 aromatic heterocycles. The number of hydrogen-bond acceptors (Lipinski definition) is 6. The number of methoxy groups -OCH3 is 1. The van der Waals surface area contributed by atoms with E-state index in [0.717, 1.165) is 25.8 Å². The summed E-state index contributed by atoms with van der Waals surface area (Å²) in [4.78, 5) is 18.9. The Hall–Kier alpha value is -2.42. The minimum Gasteiger partial charge on any atom is -0.384 e. The van der Waals surface area contributed by atoms with E-state index in [9.17, 15) is 4.79 Å². The van der Waals surface area contributed by atoms with Crippen molar-refractivity contribution >= 4 is 11.7 Å². The Morgan fingerprint density at radius 3 is 3.12 bits per heavy atom. The Bertz CT molecular complexity index is 698. The van der Waals surface area contributed by atoms with E-state index >= 15 is 0 Å². The molecule has 9 heteroatoms.